The standard InChI is InChI=1S/C23H31NO2/c1-21-6-4-14(26)9-18(21)13(11-25)8-15-17(21)5-7-22(2)20(15)16-10-19(16)23(22,3)12-24/h9,13,15-17,19-20,25H,4-8,10-11H2,1-3H3/t13-,15?,16?,17?,19-,20?,21+,22-,23-/m0/s1. The van der Waals surface area contributed by atoms with Crippen LogP contribution in [0.3, 0.4) is 0 Å². The highest BCUT2D eigenvalue weighted by Crippen LogP contribution is 2.79. The molecule has 0 bridgehead atoms. The van der Waals surface area contributed by atoms with Crippen LogP contribution in [-0.2, 0) is 4.79 Å². The number of carbonyl (C=O) groups excluding carboxylic acids is 1. The molecule has 4 unspecified atom stereocenters. The highest BCUT2D eigenvalue weighted by Gasteiger charge is 2.75. The summed E-state index contributed by atoms with van der Waals surface area (Å²) in [6.07, 6.45) is 8.07. The van der Waals surface area contributed by atoms with Crippen LogP contribution in [-0.4, -0.2) is 17.5 Å². The third-order valence-corrected chi connectivity index (χ3v) is 10.1. The van der Waals surface area contributed by atoms with Gasteiger partial charge in [0.15, 0.2) is 5.78 Å². The first kappa shape index (κ1) is 17.0. The van der Waals surface area contributed by atoms with Crippen molar-refractivity contribution in [3.63, 3.8) is 0 Å². The van der Waals surface area contributed by atoms with E-state index >= 15 is 0 Å². The summed E-state index contributed by atoms with van der Waals surface area (Å²) in [5, 5.41) is 20.2. The summed E-state index contributed by atoms with van der Waals surface area (Å²) in [4.78, 5) is 12.1. The van der Waals surface area contributed by atoms with Crippen LogP contribution in [0.4, 0.5) is 0 Å². The monoisotopic (exact) mass is 353 g/mol. The van der Waals surface area contributed by atoms with Crippen LogP contribution >= 0.6 is 0 Å². The van der Waals surface area contributed by atoms with Crippen LogP contribution in [0.15, 0.2) is 11.6 Å². The average Bonchev–Trinajstić information content (AvgIpc) is 3.37. The number of aliphatic hydroxyl groups is 1. The van der Waals surface area contributed by atoms with Gasteiger partial charge < -0.3 is 5.11 Å². The smallest absolute Gasteiger partial charge is 0.155 e. The first-order valence-corrected chi connectivity index (χ1v) is 10.6. The Bertz CT molecular complexity index is 750. The molecule has 0 amide bonds. The fourth-order valence-corrected chi connectivity index (χ4v) is 8.52. The first-order valence-electron chi connectivity index (χ1n) is 10.6. The Balaban J connectivity index is 1.59. The zero-order valence-corrected chi connectivity index (χ0v) is 16.3. The lowest BCUT2D eigenvalue weighted by Crippen LogP contribution is -2.55. The molecule has 0 heterocycles. The summed E-state index contributed by atoms with van der Waals surface area (Å²) in [5.41, 5.74) is 1.26. The molecular weight excluding hydrogens is 322 g/mol. The van der Waals surface area contributed by atoms with Gasteiger partial charge >= 0.3 is 0 Å². The molecule has 1 N–H and O–H groups in total. The lowest BCUT2D eigenvalue weighted by atomic mass is 9.43. The minimum atomic E-state index is -0.179. The van der Waals surface area contributed by atoms with Crippen molar-refractivity contribution in [3.8, 4) is 6.07 Å². The number of nitriles is 1. The third-order valence-electron chi connectivity index (χ3n) is 10.1. The maximum Gasteiger partial charge on any atom is 0.155 e. The Kier molecular flexibility index (Phi) is 3.28. The zero-order chi connectivity index (χ0) is 18.5. The second-order valence-corrected chi connectivity index (χ2v) is 10.7. The van der Waals surface area contributed by atoms with E-state index < -0.39 is 0 Å². The van der Waals surface area contributed by atoms with Gasteiger partial charge in [0.05, 0.1) is 11.5 Å². The third kappa shape index (κ3) is 1.76. The molecule has 9 atom stereocenters. The molecule has 140 valence electrons. The van der Waals surface area contributed by atoms with Crippen LogP contribution in [0.1, 0.15) is 59.3 Å². The van der Waals surface area contributed by atoms with E-state index in [1.54, 1.807) is 0 Å². The van der Waals surface area contributed by atoms with E-state index in [0.29, 0.717) is 30.1 Å². The maximum atomic E-state index is 12.1. The number of hydrogen-bond acceptors (Lipinski definition) is 3. The Labute approximate surface area is 156 Å². The molecule has 0 aliphatic heterocycles. The van der Waals surface area contributed by atoms with E-state index in [1.807, 2.05) is 6.08 Å². The van der Waals surface area contributed by atoms with E-state index in [1.165, 1.54) is 18.4 Å². The minimum Gasteiger partial charge on any atom is -0.396 e. The van der Waals surface area contributed by atoms with Gasteiger partial charge in [-0.15, -0.1) is 0 Å². The van der Waals surface area contributed by atoms with Crippen LogP contribution in [0.5, 0.6) is 0 Å². The fraction of sp³-hybridized carbons (Fsp3) is 0.826. The molecule has 3 nitrogen and oxygen atoms in total. The van der Waals surface area contributed by atoms with Gasteiger partial charge in [0.25, 0.3) is 0 Å². The summed E-state index contributed by atoms with van der Waals surface area (Å²) < 4.78 is 0. The van der Waals surface area contributed by atoms with E-state index in [2.05, 4.69) is 26.8 Å². The van der Waals surface area contributed by atoms with Crippen LogP contribution in [0.2, 0.25) is 0 Å². The van der Waals surface area contributed by atoms with E-state index in [9.17, 15) is 15.2 Å². The number of fused-ring (bicyclic) bond motifs is 7. The van der Waals surface area contributed by atoms with Crippen molar-refractivity contribution < 1.29 is 9.90 Å². The molecule has 0 aromatic carbocycles. The normalized spacial score (nSPS) is 57.2. The largest absolute Gasteiger partial charge is 0.396 e. The number of ketones is 1. The van der Waals surface area contributed by atoms with Gasteiger partial charge in [0.2, 0.25) is 0 Å². The summed E-state index contributed by atoms with van der Waals surface area (Å²) in [7, 11) is 0. The molecule has 4 fully saturated rings. The van der Waals surface area contributed by atoms with E-state index in [4.69, 9.17) is 0 Å². The quantitative estimate of drug-likeness (QED) is 0.771. The van der Waals surface area contributed by atoms with Gasteiger partial charge in [-0.1, -0.05) is 19.4 Å². The molecule has 5 rings (SSSR count). The summed E-state index contributed by atoms with van der Waals surface area (Å²) in [5.74, 6) is 3.54. The molecule has 5 aliphatic carbocycles. The van der Waals surface area contributed by atoms with Gasteiger partial charge in [-0.2, -0.15) is 5.26 Å². The molecule has 0 radical (unpaired) electrons. The second kappa shape index (κ2) is 5.02. The number of hydrogen-bond donors (Lipinski definition) is 1. The molecule has 0 spiro atoms. The molecule has 0 aromatic heterocycles. The molecule has 0 aromatic rings. The highest BCUT2D eigenvalue weighted by molar-refractivity contribution is 5.91. The fourth-order valence-electron chi connectivity index (χ4n) is 8.52. The number of nitrogens with zero attached hydrogens (tertiary/aromatic N) is 1. The summed E-state index contributed by atoms with van der Waals surface area (Å²) in [6.45, 7) is 7.16. The van der Waals surface area contributed by atoms with Crippen LogP contribution in [0, 0.1) is 63.1 Å². The van der Waals surface area contributed by atoms with Crippen molar-refractivity contribution in [1.82, 2.24) is 0 Å². The molecule has 3 heteroatoms. The van der Waals surface area contributed by atoms with Crippen molar-refractivity contribution in [2.24, 2.45) is 51.8 Å². The van der Waals surface area contributed by atoms with Gasteiger partial charge in [-0.05, 0) is 85.5 Å². The van der Waals surface area contributed by atoms with Crippen LogP contribution in [0.25, 0.3) is 0 Å². The van der Waals surface area contributed by atoms with Crippen molar-refractivity contribution in [2.45, 2.75) is 59.3 Å². The Hall–Kier alpha value is -1.14. The Morgan fingerprint density at radius 1 is 1.19 bits per heavy atom. The minimum absolute atomic E-state index is 0.0710. The average molecular weight is 354 g/mol. The van der Waals surface area contributed by atoms with Crippen molar-refractivity contribution >= 4 is 5.78 Å². The van der Waals surface area contributed by atoms with Gasteiger partial charge in [0.1, 0.15) is 0 Å². The first-order chi connectivity index (χ1) is 12.3. The Morgan fingerprint density at radius 2 is 1.92 bits per heavy atom. The van der Waals surface area contributed by atoms with Gasteiger partial charge in [0, 0.05) is 18.9 Å². The molecular formula is C23H31NO2. The molecule has 0 saturated heterocycles. The SMILES string of the molecule is C[C@]12CCC(=O)C=C1[C@H](CO)CC1C2CC[C@@]2(C)C1C1C[C@@H]1[C@]2(C)C#N. The number of aliphatic hydroxyl groups excluding tert-OH is 1. The van der Waals surface area contributed by atoms with Crippen molar-refractivity contribution in [3.05, 3.63) is 11.6 Å². The van der Waals surface area contributed by atoms with Crippen LogP contribution < -0.4 is 0 Å². The van der Waals surface area contributed by atoms with Crippen molar-refractivity contribution in [1.29, 1.82) is 5.26 Å². The number of carbonyl (C=O) groups is 1. The predicted molar refractivity (Wildman–Crippen MR) is 98.8 cm³/mol. The number of rotatable bonds is 1. The van der Waals surface area contributed by atoms with E-state index in [0.717, 1.165) is 25.2 Å². The lowest BCUT2D eigenvalue weighted by Gasteiger charge is -2.61. The molecule has 26 heavy (non-hydrogen) atoms. The second-order valence-electron chi connectivity index (χ2n) is 10.7. The highest BCUT2D eigenvalue weighted by atomic mass is 16.3. The Morgan fingerprint density at radius 3 is 2.62 bits per heavy atom. The topological polar surface area (TPSA) is 61.1 Å². The van der Waals surface area contributed by atoms with Gasteiger partial charge in [-0.25, -0.2) is 0 Å². The lowest BCUT2D eigenvalue weighted by molar-refractivity contribution is -0.120. The summed E-state index contributed by atoms with van der Waals surface area (Å²) >= 11 is 0. The summed E-state index contributed by atoms with van der Waals surface area (Å²) in [6, 6.07) is 2.76. The predicted octanol–water partition coefficient (Wildman–Crippen LogP) is 4.12. The molecule has 4 saturated carbocycles. The van der Waals surface area contributed by atoms with Gasteiger partial charge in [-0.3, -0.25) is 4.79 Å². The van der Waals surface area contributed by atoms with Crippen molar-refractivity contribution in [2.75, 3.05) is 6.61 Å². The maximum absolute atomic E-state index is 12.1. The molecule has 5 aliphatic rings. The van der Waals surface area contributed by atoms with E-state index in [-0.39, 0.29) is 34.6 Å². The zero-order valence-electron chi connectivity index (χ0n) is 16.3.